The number of nitrogens with zero attached hydrogens (tertiary/aromatic N) is 2. The summed E-state index contributed by atoms with van der Waals surface area (Å²) < 4.78 is 5.45. The maximum absolute atomic E-state index is 5.45. The maximum atomic E-state index is 5.45. The number of hydrogen-bond acceptors (Lipinski definition) is 4. The molecule has 2 heterocycles. The second-order valence-electron chi connectivity index (χ2n) is 4.68. The van der Waals surface area contributed by atoms with E-state index in [4.69, 9.17) is 4.52 Å². The molecule has 0 aliphatic carbocycles. The monoisotopic (exact) mass is 223 g/mol. The summed E-state index contributed by atoms with van der Waals surface area (Å²) in [6.07, 6.45) is 5.50. The average Bonchev–Trinajstić information content (AvgIpc) is 2.80. The molecular formula is C12H21N3O. The maximum Gasteiger partial charge on any atom is 0.234 e. The Labute approximate surface area is 96.8 Å². The Hall–Kier alpha value is -0.900. The van der Waals surface area contributed by atoms with E-state index in [0.717, 1.165) is 44.1 Å². The lowest BCUT2D eigenvalue weighted by molar-refractivity contribution is 0.213. The van der Waals surface area contributed by atoms with E-state index in [0.29, 0.717) is 0 Å². The molecule has 1 N–H and O–H groups in total. The molecule has 1 aromatic rings. The zero-order chi connectivity index (χ0) is 11.4. The largest absolute Gasteiger partial charge is 0.339 e. The van der Waals surface area contributed by atoms with Crippen molar-refractivity contribution in [1.29, 1.82) is 0 Å². The Kier molecular flexibility index (Phi) is 3.59. The van der Waals surface area contributed by atoms with E-state index in [1.165, 1.54) is 12.8 Å². The molecule has 16 heavy (non-hydrogen) atoms. The summed E-state index contributed by atoms with van der Waals surface area (Å²) in [5, 5.41) is 7.48. The highest BCUT2D eigenvalue weighted by Crippen LogP contribution is 2.34. The van der Waals surface area contributed by atoms with Crippen molar-refractivity contribution in [3.63, 3.8) is 0 Å². The third kappa shape index (κ3) is 2.12. The molecule has 0 saturated carbocycles. The molecule has 1 fully saturated rings. The van der Waals surface area contributed by atoms with Crippen molar-refractivity contribution in [2.45, 2.75) is 51.4 Å². The minimum absolute atomic E-state index is 0.0907. The van der Waals surface area contributed by atoms with Gasteiger partial charge < -0.3 is 9.84 Å². The molecule has 1 unspecified atom stereocenters. The van der Waals surface area contributed by atoms with Crippen molar-refractivity contribution in [2.24, 2.45) is 0 Å². The Morgan fingerprint density at radius 1 is 1.44 bits per heavy atom. The summed E-state index contributed by atoms with van der Waals surface area (Å²) in [5.41, 5.74) is 0.0907. The van der Waals surface area contributed by atoms with E-state index < -0.39 is 0 Å². The Bertz CT molecular complexity index is 323. The van der Waals surface area contributed by atoms with Crippen LogP contribution in [0.2, 0.25) is 0 Å². The van der Waals surface area contributed by atoms with Gasteiger partial charge in [0.25, 0.3) is 0 Å². The highest BCUT2D eigenvalue weighted by Gasteiger charge is 2.38. The van der Waals surface area contributed by atoms with E-state index in [1.54, 1.807) is 0 Å². The van der Waals surface area contributed by atoms with Gasteiger partial charge in [-0.3, -0.25) is 0 Å². The smallest absolute Gasteiger partial charge is 0.234 e. The van der Waals surface area contributed by atoms with Crippen LogP contribution < -0.4 is 5.32 Å². The molecule has 1 saturated heterocycles. The van der Waals surface area contributed by atoms with Gasteiger partial charge in [-0.25, -0.2) is 0 Å². The first-order chi connectivity index (χ1) is 7.80. The number of rotatable bonds is 4. The molecule has 1 aliphatic rings. The van der Waals surface area contributed by atoms with Crippen LogP contribution in [0, 0.1) is 0 Å². The second kappa shape index (κ2) is 4.95. The van der Waals surface area contributed by atoms with E-state index in [1.807, 2.05) is 0 Å². The molecule has 1 aromatic heterocycles. The van der Waals surface area contributed by atoms with Crippen molar-refractivity contribution in [3.05, 3.63) is 11.7 Å². The molecule has 2 rings (SSSR count). The van der Waals surface area contributed by atoms with Gasteiger partial charge in [-0.15, -0.1) is 0 Å². The molecule has 0 radical (unpaired) electrons. The molecule has 1 aliphatic heterocycles. The van der Waals surface area contributed by atoms with Crippen molar-refractivity contribution in [1.82, 2.24) is 15.5 Å². The lowest BCUT2D eigenvalue weighted by Gasteiger charge is -2.34. The van der Waals surface area contributed by atoms with Crippen LogP contribution in [0.25, 0.3) is 0 Å². The Morgan fingerprint density at radius 2 is 2.31 bits per heavy atom. The van der Waals surface area contributed by atoms with Crippen LogP contribution in [0.3, 0.4) is 0 Å². The highest BCUT2D eigenvalue weighted by atomic mass is 16.5. The summed E-state index contributed by atoms with van der Waals surface area (Å²) in [6.45, 7) is 6.36. The SMILES string of the molecule is CCCC1(c2nc(CC)no2)CCCNC1. The van der Waals surface area contributed by atoms with Gasteiger partial charge >= 0.3 is 0 Å². The van der Waals surface area contributed by atoms with Gasteiger partial charge in [0.1, 0.15) is 0 Å². The fourth-order valence-corrected chi connectivity index (χ4v) is 2.56. The molecular weight excluding hydrogens is 202 g/mol. The number of aryl methyl sites for hydroxylation is 1. The summed E-state index contributed by atoms with van der Waals surface area (Å²) in [4.78, 5) is 4.53. The van der Waals surface area contributed by atoms with Crippen LogP contribution >= 0.6 is 0 Å². The lowest BCUT2D eigenvalue weighted by atomic mass is 9.77. The predicted octanol–water partition coefficient (Wildman–Crippen LogP) is 2.05. The number of nitrogens with one attached hydrogen (secondary N) is 1. The third-order valence-electron chi connectivity index (χ3n) is 3.44. The van der Waals surface area contributed by atoms with Crippen molar-refractivity contribution in [3.8, 4) is 0 Å². The molecule has 0 amide bonds. The minimum atomic E-state index is 0.0907. The van der Waals surface area contributed by atoms with Gasteiger partial charge in [0.05, 0.1) is 5.41 Å². The first-order valence-corrected chi connectivity index (χ1v) is 6.34. The fraction of sp³-hybridized carbons (Fsp3) is 0.833. The van der Waals surface area contributed by atoms with Crippen molar-refractivity contribution < 1.29 is 4.52 Å². The first-order valence-electron chi connectivity index (χ1n) is 6.34. The van der Waals surface area contributed by atoms with Crippen molar-refractivity contribution in [2.75, 3.05) is 13.1 Å². The van der Waals surface area contributed by atoms with Gasteiger partial charge in [0, 0.05) is 13.0 Å². The number of piperidine rings is 1. The van der Waals surface area contributed by atoms with Gasteiger partial charge in [-0.2, -0.15) is 4.98 Å². The number of hydrogen-bond donors (Lipinski definition) is 1. The average molecular weight is 223 g/mol. The molecule has 0 spiro atoms. The van der Waals surface area contributed by atoms with Crippen LogP contribution in [0.1, 0.15) is 51.2 Å². The quantitative estimate of drug-likeness (QED) is 0.848. The van der Waals surface area contributed by atoms with Gasteiger partial charge in [-0.05, 0) is 25.8 Å². The molecule has 1 atom stereocenters. The zero-order valence-electron chi connectivity index (χ0n) is 10.3. The van der Waals surface area contributed by atoms with Gasteiger partial charge in [0.15, 0.2) is 5.82 Å². The minimum Gasteiger partial charge on any atom is -0.339 e. The van der Waals surface area contributed by atoms with E-state index in [-0.39, 0.29) is 5.41 Å². The normalized spacial score (nSPS) is 25.9. The summed E-state index contributed by atoms with van der Waals surface area (Å²) in [5.74, 6) is 1.68. The lowest BCUT2D eigenvalue weighted by Crippen LogP contribution is -2.43. The van der Waals surface area contributed by atoms with E-state index in [2.05, 4.69) is 29.3 Å². The Balaban J connectivity index is 2.23. The van der Waals surface area contributed by atoms with E-state index in [9.17, 15) is 0 Å². The van der Waals surface area contributed by atoms with Crippen LogP contribution in [0.15, 0.2) is 4.52 Å². The summed E-state index contributed by atoms with van der Waals surface area (Å²) >= 11 is 0. The first kappa shape index (κ1) is 11.6. The highest BCUT2D eigenvalue weighted by molar-refractivity contribution is 5.08. The molecule has 4 heteroatoms. The van der Waals surface area contributed by atoms with Gasteiger partial charge in [-0.1, -0.05) is 25.4 Å². The summed E-state index contributed by atoms with van der Waals surface area (Å²) in [6, 6.07) is 0. The predicted molar refractivity (Wildman–Crippen MR) is 62.4 cm³/mol. The molecule has 4 nitrogen and oxygen atoms in total. The molecule has 0 bridgehead atoms. The van der Waals surface area contributed by atoms with Gasteiger partial charge in [0.2, 0.25) is 5.89 Å². The molecule has 0 aromatic carbocycles. The third-order valence-corrected chi connectivity index (χ3v) is 3.44. The number of aromatic nitrogens is 2. The molecule has 90 valence electrons. The fourth-order valence-electron chi connectivity index (χ4n) is 2.56. The standard InChI is InChI=1S/C12H21N3O/c1-3-6-12(7-5-8-13-9-12)11-14-10(4-2)15-16-11/h13H,3-9H2,1-2H3. The topological polar surface area (TPSA) is 51.0 Å². The van der Waals surface area contributed by atoms with Crippen molar-refractivity contribution >= 4 is 0 Å². The van der Waals surface area contributed by atoms with Crippen LogP contribution in [0.5, 0.6) is 0 Å². The van der Waals surface area contributed by atoms with E-state index >= 15 is 0 Å². The summed E-state index contributed by atoms with van der Waals surface area (Å²) in [7, 11) is 0. The van der Waals surface area contributed by atoms with Crippen LogP contribution in [-0.2, 0) is 11.8 Å². The van der Waals surface area contributed by atoms with Crippen LogP contribution in [-0.4, -0.2) is 23.2 Å². The zero-order valence-corrected chi connectivity index (χ0v) is 10.3. The Morgan fingerprint density at radius 3 is 2.88 bits per heavy atom. The second-order valence-corrected chi connectivity index (χ2v) is 4.68. The van der Waals surface area contributed by atoms with Crippen LogP contribution in [0.4, 0.5) is 0 Å².